The van der Waals surface area contributed by atoms with Crippen molar-refractivity contribution in [2.45, 2.75) is 30.3 Å². The molecule has 1 aromatic carbocycles. The number of halogens is 1. The number of aromatic hydroxyl groups is 1. The van der Waals surface area contributed by atoms with Gasteiger partial charge in [-0.25, -0.2) is 0 Å². The van der Waals surface area contributed by atoms with Crippen LogP contribution in [0.4, 0.5) is 0 Å². The number of nitrogens with zero attached hydrogens (tertiary/aromatic N) is 1. The van der Waals surface area contributed by atoms with Crippen LogP contribution in [-0.2, 0) is 20.0 Å². The largest absolute Gasteiger partial charge is 0.508 e. The fourth-order valence-corrected chi connectivity index (χ4v) is 5.60. The van der Waals surface area contributed by atoms with E-state index in [0.717, 1.165) is 0 Å². The van der Waals surface area contributed by atoms with Crippen molar-refractivity contribution in [1.29, 1.82) is 0 Å². The zero-order chi connectivity index (χ0) is 24.8. The second-order valence-corrected chi connectivity index (χ2v) is 9.06. The first-order chi connectivity index (χ1) is 15.2. The van der Waals surface area contributed by atoms with Crippen LogP contribution in [0.3, 0.4) is 0 Å². The number of aliphatic hydroxyl groups is 5. The summed E-state index contributed by atoms with van der Waals surface area (Å²) in [5, 5.41) is 66.3. The number of carbonyl (C=O) groups excluding carboxylic acids is 3. The highest BCUT2D eigenvalue weighted by molar-refractivity contribution is 6.24. The molecule has 0 aromatic heterocycles. The van der Waals surface area contributed by atoms with E-state index in [9.17, 15) is 45.0 Å². The van der Waals surface area contributed by atoms with Crippen molar-refractivity contribution in [3.8, 4) is 5.75 Å². The number of aliphatic hydroxyl groups excluding tert-OH is 3. The number of hydrogen-bond acceptors (Lipinski definition) is 10. The summed E-state index contributed by atoms with van der Waals surface area (Å²) in [5.41, 5.74) is -1.78. The zero-order valence-corrected chi connectivity index (χ0v) is 19.2. The number of benzene rings is 1. The maximum atomic E-state index is 13.7. The predicted molar refractivity (Wildman–Crippen MR) is 119 cm³/mol. The average molecular weight is 497 g/mol. The number of carbonyl (C=O) groups is 3. The summed E-state index contributed by atoms with van der Waals surface area (Å²) in [6.45, 7) is 1.25. The van der Waals surface area contributed by atoms with E-state index in [4.69, 9.17) is 5.73 Å². The van der Waals surface area contributed by atoms with Gasteiger partial charge in [-0.1, -0.05) is 12.1 Å². The highest BCUT2D eigenvalue weighted by Gasteiger charge is 2.70. The Hall–Kier alpha value is -2.96. The lowest BCUT2D eigenvalue weighted by Crippen LogP contribution is -2.71. The molecule has 1 fully saturated rings. The first-order valence-electron chi connectivity index (χ1n) is 10.1. The van der Waals surface area contributed by atoms with Gasteiger partial charge in [0.1, 0.15) is 22.8 Å². The van der Waals surface area contributed by atoms with Crippen LogP contribution in [0.1, 0.15) is 18.1 Å². The Labute approximate surface area is 199 Å². The first-order valence-corrected chi connectivity index (χ1v) is 10.1. The number of phenolic OH excluding ortho intramolecular Hbond substituents is 1. The SMILES string of the molecule is CN(C)[C@@H]1C(=O)C(C(N)=O)=C(O)[C@@]2(O)C(=O)C3=C(O)c4c(O)cccc4C(C)(O)[C@H]3[C@H](O)[C@@H]12.Cl. The molecule has 1 unspecified atom stereocenters. The molecule has 0 aliphatic heterocycles. The molecule has 0 heterocycles. The third-order valence-corrected chi connectivity index (χ3v) is 7.03. The van der Waals surface area contributed by atoms with E-state index in [0.29, 0.717) is 0 Å². The third kappa shape index (κ3) is 2.88. The number of amides is 1. The number of rotatable bonds is 2. The van der Waals surface area contributed by atoms with Gasteiger partial charge in [-0.05, 0) is 32.6 Å². The number of Topliss-reactive ketones (excluding diaryl/α,β-unsaturated/α-hetero) is 2. The Morgan fingerprint density at radius 1 is 1.12 bits per heavy atom. The summed E-state index contributed by atoms with van der Waals surface area (Å²) in [5.74, 6) is -9.67. The van der Waals surface area contributed by atoms with Crippen molar-refractivity contribution in [2.75, 3.05) is 14.1 Å². The van der Waals surface area contributed by atoms with Crippen LogP contribution < -0.4 is 5.73 Å². The van der Waals surface area contributed by atoms with Crippen LogP contribution in [0.5, 0.6) is 5.75 Å². The number of ketones is 2. The molecule has 1 saturated carbocycles. The maximum absolute atomic E-state index is 13.7. The Balaban J connectivity index is 0.00000324. The summed E-state index contributed by atoms with van der Waals surface area (Å²) in [7, 11) is 2.80. The van der Waals surface area contributed by atoms with Crippen molar-refractivity contribution in [3.63, 3.8) is 0 Å². The molecule has 4 rings (SSSR count). The second-order valence-electron chi connectivity index (χ2n) is 9.06. The van der Waals surface area contributed by atoms with Crippen LogP contribution in [0, 0.1) is 11.8 Å². The Bertz CT molecular complexity index is 1190. The smallest absolute Gasteiger partial charge is 0.255 e. The van der Waals surface area contributed by atoms with Crippen molar-refractivity contribution in [2.24, 2.45) is 17.6 Å². The van der Waals surface area contributed by atoms with Crippen LogP contribution >= 0.6 is 12.4 Å². The minimum absolute atomic E-state index is 0. The first kappa shape index (κ1) is 25.7. The fourth-order valence-electron chi connectivity index (χ4n) is 5.60. The van der Waals surface area contributed by atoms with Gasteiger partial charge >= 0.3 is 0 Å². The molecule has 3 aliphatic carbocycles. The molecule has 11 nitrogen and oxygen atoms in total. The quantitative estimate of drug-likeness (QED) is 0.249. The molecular weight excluding hydrogens is 472 g/mol. The lowest BCUT2D eigenvalue weighted by molar-refractivity contribution is -0.181. The molecular formula is C22H25ClN2O9. The number of hydrogen-bond donors (Lipinski definition) is 7. The molecule has 0 spiro atoms. The number of nitrogens with two attached hydrogens (primary N) is 1. The summed E-state index contributed by atoms with van der Waals surface area (Å²) in [6.07, 6.45) is -1.87. The zero-order valence-electron chi connectivity index (χ0n) is 18.4. The van der Waals surface area contributed by atoms with Crippen molar-refractivity contribution >= 4 is 35.6 Å². The van der Waals surface area contributed by atoms with Gasteiger partial charge in [0, 0.05) is 0 Å². The molecule has 3 aliphatic rings. The molecule has 6 atom stereocenters. The number of phenols is 1. The second kappa shape index (κ2) is 7.79. The molecule has 1 amide bonds. The standard InChI is InChI=1S/C22H24N2O9.ClH/c1-21(32)7-5-4-6-8(25)9(7)15(26)10-12(21)17(28)13-14(24(2)3)16(27)11(20(23)31)19(30)22(13,33)18(10)29;/h4-6,12-14,17,25-26,28,30,32-33H,1-3H3,(H2,23,31);1H/t12-,13-,14+,17+,21?,22+;/m1./s1. The van der Waals surface area contributed by atoms with E-state index < -0.39 is 81.1 Å². The van der Waals surface area contributed by atoms with Crippen molar-refractivity contribution in [3.05, 3.63) is 46.2 Å². The average Bonchev–Trinajstić information content (AvgIpc) is 2.70. The summed E-state index contributed by atoms with van der Waals surface area (Å²) in [6, 6.07) is 2.50. The molecule has 1 aromatic rings. The van der Waals surface area contributed by atoms with Gasteiger partial charge in [-0.2, -0.15) is 0 Å². The van der Waals surface area contributed by atoms with Gasteiger partial charge in [0.2, 0.25) is 5.78 Å². The third-order valence-electron chi connectivity index (χ3n) is 7.03. The molecule has 0 saturated heterocycles. The lowest BCUT2D eigenvalue weighted by atomic mass is 9.53. The monoisotopic (exact) mass is 496 g/mol. The van der Waals surface area contributed by atoms with E-state index >= 15 is 0 Å². The molecule has 0 radical (unpaired) electrons. The number of likely N-dealkylation sites (N-methyl/N-ethyl adjacent to an activating group) is 1. The van der Waals surface area contributed by atoms with Crippen molar-refractivity contribution in [1.82, 2.24) is 4.90 Å². The minimum atomic E-state index is -3.02. The van der Waals surface area contributed by atoms with Crippen LogP contribution in [0.25, 0.3) is 5.76 Å². The Kier molecular flexibility index (Phi) is 5.88. The van der Waals surface area contributed by atoms with Gasteiger partial charge in [-0.15, -0.1) is 12.4 Å². The van der Waals surface area contributed by atoms with Gasteiger partial charge in [0.25, 0.3) is 5.91 Å². The van der Waals surface area contributed by atoms with E-state index in [1.807, 2.05) is 0 Å². The number of fused-ring (bicyclic) bond motifs is 3. The van der Waals surface area contributed by atoms with Crippen LogP contribution in [-0.4, -0.2) is 84.9 Å². The van der Waals surface area contributed by atoms with E-state index in [-0.39, 0.29) is 23.5 Å². The van der Waals surface area contributed by atoms with Gasteiger partial charge in [0.05, 0.1) is 40.7 Å². The maximum Gasteiger partial charge on any atom is 0.255 e. The highest BCUT2D eigenvalue weighted by atomic mass is 35.5. The molecule has 8 N–H and O–H groups in total. The minimum Gasteiger partial charge on any atom is -0.508 e. The molecule has 184 valence electrons. The van der Waals surface area contributed by atoms with E-state index in [1.165, 1.54) is 44.1 Å². The lowest BCUT2D eigenvalue weighted by Gasteiger charge is -2.55. The molecule has 0 bridgehead atoms. The van der Waals surface area contributed by atoms with E-state index in [2.05, 4.69) is 0 Å². The van der Waals surface area contributed by atoms with Crippen LogP contribution in [0.2, 0.25) is 0 Å². The van der Waals surface area contributed by atoms with Gasteiger partial charge in [-0.3, -0.25) is 19.3 Å². The van der Waals surface area contributed by atoms with E-state index in [1.54, 1.807) is 0 Å². The Morgan fingerprint density at radius 2 is 1.71 bits per heavy atom. The summed E-state index contributed by atoms with van der Waals surface area (Å²) < 4.78 is 0. The van der Waals surface area contributed by atoms with Crippen LogP contribution in [0.15, 0.2) is 35.1 Å². The topological polar surface area (TPSA) is 202 Å². The van der Waals surface area contributed by atoms with Gasteiger partial charge < -0.3 is 36.4 Å². The van der Waals surface area contributed by atoms with Gasteiger partial charge in [0.15, 0.2) is 11.4 Å². The van der Waals surface area contributed by atoms with Crippen molar-refractivity contribution < 1.29 is 45.0 Å². The Morgan fingerprint density at radius 3 is 2.24 bits per heavy atom. The normalized spacial score (nSPS) is 34.9. The molecule has 12 heteroatoms. The number of primary amides is 1. The highest BCUT2D eigenvalue weighted by Crippen LogP contribution is 2.57. The summed E-state index contributed by atoms with van der Waals surface area (Å²) in [4.78, 5) is 39.9. The molecule has 34 heavy (non-hydrogen) atoms. The summed E-state index contributed by atoms with van der Waals surface area (Å²) >= 11 is 0. The predicted octanol–water partition coefficient (Wildman–Crippen LogP) is -0.978. The fraction of sp³-hybridized carbons (Fsp3) is 0.409.